The van der Waals surface area contributed by atoms with Crippen molar-refractivity contribution in [3.05, 3.63) is 29.6 Å². The van der Waals surface area contributed by atoms with Crippen molar-refractivity contribution in [2.24, 2.45) is 0 Å². The second-order valence-corrected chi connectivity index (χ2v) is 2.83. The maximum Gasteiger partial charge on any atom is 0.126 e. The van der Waals surface area contributed by atoms with Gasteiger partial charge in [-0.15, -0.1) is 0 Å². The summed E-state index contributed by atoms with van der Waals surface area (Å²) in [7, 11) is 0. The predicted molar refractivity (Wildman–Crippen MR) is 43.4 cm³/mol. The molecule has 1 aromatic rings. The summed E-state index contributed by atoms with van der Waals surface area (Å²) in [5, 5.41) is 18.0. The van der Waals surface area contributed by atoms with Crippen LogP contribution < -0.4 is 0 Å². The summed E-state index contributed by atoms with van der Waals surface area (Å²) in [5.74, 6) is -0.374. The van der Waals surface area contributed by atoms with E-state index in [1.807, 2.05) is 0 Å². The van der Waals surface area contributed by atoms with E-state index in [4.69, 9.17) is 10.2 Å². The summed E-state index contributed by atoms with van der Waals surface area (Å²) in [6.45, 7) is 1.57. The molecule has 1 rings (SSSR count). The smallest absolute Gasteiger partial charge is 0.126 e. The molecule has 0 saturated heterocycles. The fourth-order valence-electron chi connectivity index (χ4n) is 1.04. The van der Waals surface area contributed by atoms with E-state index in [0.29, 0.717) is 5.56 Å². The Labute approximate surface area is 70.3 Å². The van der Waals surface area contributed by atoms with Gasteiger partial charge in [0.25, 0.3) is 0 Å². The average Bonchev–Trinajstić information content (AvgIpc) is 1.96. The number of phenolic OH excluding ortho intramolecular Hbond substituents is 1. The van der Waals surface area contributed by atoms with Crippen LogP contribution >= 0.6 is 0 Å². The zero-order valence-corrected chi connectivity index (χ0v) is 6.79. The third-order valence-electron chi connectivity index (χ3n) is 1.54. The molecule has 1 atom stereocenters. The van der Waals surface area contributed by atoms with E-state index in [1.54, 1.807) is 6.92 Å². The van der Waals surface area contributed by atoms with Crippen molar-refractivity contribution in [3.8, 4) is 5.75 Å². The van der Waals surface area contributed by atoms with Crippen molar-refractivity contribution in [3.63, 3.8) is 0 Å². The summed E-state index contributed by atoms with van der Waals surface area (Å²) in [4.78, 5) is 0. The van der Waals surface area contributed by atoms with Crippen molar-refractivity contribution in [2.75, 3.05) is 0 Å². The number of aromatic hydroxyl groups is 1. The summed E-state index contributed by atoms with van der Waals surface area (Å²) in [6, 6.07) is 3.79. The number of phenols is 1. The predicted octanol–water partition coefficient (Wildman–Crippen LogP) is 1.45. The van der Waals surface area contributed by atoms with Crippen molar-refractivity contribution in [2.45, 2.75) is 19.4 Å². The molecule has 0 bridgehead atoms. The molecule has 2 N–H and O–H groups in total. The first-order valence-corrected chi connectivity index (χ1v) is 3.75. The van der Waals surface area contributed by atoms with E-state index in [9.17, 15) is 4.39 Å². The Bertz CT molecular complexity index is 271. The Hall–Kier alpha value is -1.09. The Morgan fingerprint density at radius 2 is 2.17 bits per heavy atom. The molecule has 0 spiro atoms. The van der Waals surface area contributed by atoms with Gasteiger partial charge in [-0.3, -0.25) is 0 Å². The molecule has 0 heterocycles. The molecule has 1 unspecified atom stereocenters. The minimum atomic E-state index is -0.596. The lowest BCUT2D eigenvalue weighted by atomic mass is 10.1. The molecular formula is C9H11FO2. The highest BCUT2D eigenvalue weighted by Crippen LogP contribution is 2.16. The van der Waals surface area contributed by atoms with Gasteiger partial charge in [0.1, 0.15) is 11.6 Å². The largest absolute Gasteiger partial charge is 0.508 e. The van der Waals surface area contributed by atoms with Crippen molar-refractivity contribution < 1.29 is 14.6 Å². The second kappa shape index (κ2) is 3.54. The van der Waals surface area contributed by atoms with Gasteiger partial charge in [0.2, 0.25) is 0 Å². The minimum Gasteiger partial charge on any atom is -0.508 e. The lowest BCUT2D eigenvalue weighted by molar-refractivity contribution is 0.194. The maximum absolute atomic E-state index is 12.9. The minimum absolute atomic E-state index is 0.0204. The van der Waals surface area contributed by atoms with Gasteiger partial charge < -0.3 is 10.2 Å². The van der Waals surface area contributed by atoms with Crippen molar-refractivity contribution >= 4 is 0 Å². The molecular weight excluding hydrogens is 159 g/mol. The summed E-state index contributed by atoms with van der Waals surface area (Å²) >= 11 is 0. The van der Waals surface area contributed by atoms with Gasteiger partial charge in [-0.05, 0) is 30.7 Å². The number of hydrogen-bond donors (Lipinski definition) is 2. The third kappa shape index (κ3) is 2.20. The maximum atomic E-state index is 12.9. The monoisotopic (exact) mass is 170 g/mol. The normalized spacial score (nSPS) is 12.9. The molecule has 0 amide bonds. The van der Waals surface area contributed by atoms with Crippen LogP contribution in [0.25, 0.3) is 0 Å². The Morgan fingerprint density at radius 1 is 1.50 bits per heavy atom. The lowest BCUT2D eigenvalue weighted by Gasteiger charge is -2.05. The van der Waals surface area contributed by atoms with E-state index in [-0.39, 0.29) is 12.2 Å². The SMILES string of the molecule is CC(O)Cc1cc(O)ccc1F. The highest BCUT2D eigenvalue weighted by Gasteiger charge is 2.05. The third-order valence-corrected chi connectivity index (χ3v) is 1.54. The number of aliphatic hydroxyl groups is 1. The first-order valence-electron chi connectivity index (χ1n) is 3.75. The van der Waals surface area contributed by atoms with Gasteiger partial charge in [-0.25, -0.2) is 4.39 Å². The van der Waals surface area contributed by atoms with Crippen molar-refractivity contribution in [1.29, 1.82) is 0 Å². The van der Waals surface area contributed by atoms with Crippen LogP contribution in [-0.2, 0) is 6.42 Å². The number of halogens is 1. The number of hydrogen-bond acceptors (Lipinski definition) is 2. The van der Waals surface area contributed by atoms with Gasteiger partial charge in [-0.1, -0.05) is 0 Å². The highest BCUT2D eigenvalue weighted by molar-refractivity contribution is 5.28. The topological polar surface area (TPSA) is 40.5 Å². The molecule has 66 valence electrons. The number of rotatable bonds is 2. The van der Waals surface area contributed by atoms with Gasteiger partial charge in [0.05, 0.1) is 6.10 Å². The van der Waals surface area contributed by atoms with Crippen LogP contribution in [0, 0.1) is 5.82 Å². The van der Waals surface area contributed by atoms with Crippen LogP contribution in [0.3, 0.4) is 0 Å². The van der Waals surface area contributed by atoms with Crippen LogP contribution in [0.4, 0.5) is 4.39 Å². The molecule has 0 aliphatic rings. The fourth-order valence-corrected chi connectivity index (χ4v) is 1.04. The van der Waals surface area contributed by atoms with Gasteiger partial charge >= 0.3 is 0 Å². The summed E-state index contributed by atoms with van der Waals surface area (Å²) < 4.78 is 12.9. The Kier molecular flexibility index (Phi) is 2.65. The lowest BCUT2D eigenvalue weighted by Crippen LogP contribution is -2.05. The molecule has 0 saturated carbocycles. The van der Waals surface area contributed by atoms with E-state index in [0.717, 1.165) is 0 Å². The molecule has 0 aromatic heterocycles. The molecule has 3 heteroatoms. The standard InChI is InChI=1S/C9H11FO2/c1-6(11)4-7-5-8(12)2-3-9(7)10/h2-3,5-6,11-12H,4H2,1H3. The Morgan fingerprint density at radius 3 is 2.75 bits per heavy atom. The Balaban J connectivity index is 2.90. The van der Waals surface area contributed by atoms with Crippen LogP contribution in [0.2, 0.25) is 0 Å². The molecule has 2 nitrogen and oxygen atoms in total. The van der Waals surface area contributed by atoms with Crippen LogP contribution in [0.15, 0.2) is 18.2 Å². The van der Waals surface area contributed by atoms with Gasteiger partial charge in [0, 0.05) is 6.42 Å². The molecule has 0 radical (unpaired) electrons. The quantitative estimate of drug-likeness (QED) is 0.705. The first-order chi connectivity index (χ1) is 5.59. The molecule has 12 heavy (non-hydrogen) atoms. The molecule has 0 aliphatic heterocycles. The van der Waals surface area contributed by atoms with Gasteiger partial charge in [-0.2, -0.15) is 0 Å². The molecule has 1 aromatic carbocycles. The van der Waals surface area contributed by atoms with E-state index >= 15 is 0 Å². The molecule has 0 aliphatic carbocycles. The summed E-state index contributed by atoms with van der Waals surface area (Å²) in [6.07, 6.45) is -0.374. The van der Waals surface area contributed by atoms with Crippen LogP contribution in [-0.4, -0.2) is 16.3 Å². The molecule has 0 fully saturated rings. The first kappa shape index (κ1) is 9.00. The van der Waals surface area contributed by atoms with Crippen LogP contribution in [0.1, 0.15) is 12.5 Å². The van der Waals surface area contributed by atoms with Crippen LogP contribution in [0.5, 0.6) is 5.75 Å². The van der Waals surface area contributed by atoms with E-state index < -0.39 is 11.9 Å². The number of aliphatic hydroxyl groups excluding tert-OH is 1. The zero-order valence-electron chi connectivity index (χ0n) is 6.79. The zero-order chi connectivity index (χ0) is 9.14. The second-order valence-electron chi connectivity index (χ2n) is 2.83. The highest BCUT2D eigenvalue weighted by atomic mass is 19.1. The van der Waals surface area contributed by atoms with E-state index in [1.165, 1.54) is 18.2 Å². The van der Waals surface area contributed by atoms with Gasteiger partial charge in [0.15, 0.2) is 0 Å². The number of benzene rings is 1. The summed E-state index contributed by atoms with van der Waals surface area (Å²) in [5.41, 5.74) is 0.338. The average molecular weight is 170 g/mol. The van der Waals surface area contributed by atoms with Crippen molar-refractivity contribution in [1.82, 2.24) is 0 Å². The van der Waals surface area contributed by atoms with E-state index in [2.05, 4.69) is 0 Å². The fraction of sp³-hybridized carbons (Fsp3) is 0.333.